The average molecular weight is 420 g/mol. The van der Waals surface area contributed by atoms with Crippen LogP contribution >= 0.6 is 11.3 Å². The van der Waals surface area contributed by atoms with Crippen LogP contribution in [0.15, 0.2) is 53.0 Å². The van der Waals surface area contributed by atoms with Crippen molar-refractivity contribution in [2.45, 2.75) is 13.5 Å². The van der Waals surface area contributed by atoms with Crippen molar-refractivity contribution in [1.29, 1.82) is 0 Å². The summed E-state index contributed by atoms with van der Waals surface area (Å²) in [7, 11) is 0. The van der Waals surface area contributed by atoms with Gasteiger partial charge in [0, 0.05) is 11.4 Å². The van der Waals surface area contributed by atoms with E-state index < -0.39 is 0 Å². The predicted octanol–water partition coefficient (Wildman–Crippen LogP) is 2.56. The fourth-order valence-corrected chi connectivity index (χ4v) is 4.32. The molecule has 0 unspecified atom stereocenters. The molecule has 1 N–H and O–H groups in total. The van der Waals surface area contributed by atoms with Crippen LogP contribution in [0.1, 0.15) is 16.0 Å². The summed E-state index contributed by atoms with van der Waals surface area (Å²) in [6.07, 6.45) is 1.72. The van der Waals surface area contributed by atoms with Gasteiger partial charge in [0.1, 0.15) is 12.4 Å². The van der Waals surface area contributed by atoms with Crippen LogP contribution in [0.2, 0.25) is 0 Å². The molecule has 0 saturated carbocycles. The molecule has 8 nitrogen and oxygen atoms in total. The Morgan fingerprint density at radius 3 is 2.83 bits per heavy atom. The predicted molar refractivity (Wildman–Crippen MR) is 115 cm³/mol. The van der Waals surface area contributed by atoms with E-state index in [1.807, 2.05) is 48.7 Å². The number of carbonyl (C=O) groups excluding carboxylic acids is 2. The summed E-state index contributed by atoms with van der Waals surface area (Å²) in [6, 6.07) is 11.5. The Kier molecular flexibility index (Phi) is 4.59. The van der Waals surface area contributed by atoms with Crippen LogP contribution in [0.25, 0.3) is 5.69 Å². The van der Waals surface area contributed by atoms with E-state index >= 15 is 0 Å². The molecule has 3 amide bonds. The molecule has 2 aliphatic rings. The highest BCUT2D eigenvalue weighted by atomic mass is 32.1. The Bertz CT molecular complexity index is 1130. The van der Waals surface area contributed by atoms with Gasteiger partial charge in [-0.25, -0.2) is 9.48 Å². The molecular formula is C21H20N6O2S. The highest BCUT2D eigenvalue weighted by molar-refractivity contribution is 7.09. The van der Waals surface area contributed by atoms with Gasteiger partial charge in [-0.2, -0.15) is 5.10 Å². The lowest BCUT2D eigenvalue weighted by atomic mass is 10.2. The number of nitrogens with zero attached hydrogens (tertiary/aromatic N) is 5. The number of amides is 3. The molecule has 0 radical (unpaired) electrons. The van der Waals surface area contributed by atoms with Crippen molar-refractivity contribution in [3.8, 4) is 5.69 Å². The van der Waals surface area contributed by atoms with Crippen molar-refractivity contribution in [1.82, 2.24) is 20.0 Å². The third-order valence-corrected chi connectivity index (χ3v) is 6.04. The molecule has 5 rings (SSSR count). The second-order valence-corrected chi connectivity index (χ2v) is 8.24. The number of hydrogen-bond acceptors (Lipinski definition) is 5. The minimum absolute atomic E-state index is 0.0848. The first-order valence-electron chi connectivity index (χ1n) is 9.70. The van der Waals surface area contributed by atoms with Crippen LogP contribution in [-0.2, 0) is 11.3 Å². The maximum absolute atomic E-state index is 13.2. The number of thiophene rings is 1. The molecule has 2 aromatic heterocycles. The maximum atomic E-state index is 13.2. The van der Waals surface area contributed by atoms with E-state index in [-0.39, 0.29) is 18.5 Å². The summed E-state index contributed by atoms with van der Waals surface area (Å²) in [5.74, 6) is 0.981. The van der Waals surface area contributed by atoms with Crippen molar-refractivity contribution in [2.75, 3.05) is 24.5 Å². The third kappa shape index (κ3) is 3.17. The highest BCUT2D eigenvalue weighted by Gasteiger charge is 2.41. The molecule has 152 valence electrons. The molecule has 0 bridgehead atoms. The standard InChI is InChI=1S/C21H20N6O2S/c1-14-4-6-15(7-5-14)27-20-17(12-24-27)19-22-8-9-25(19)21(29)26(20)13-18(28)23-11-16-3-2-10-30-16/h2-7,10,12H,8-9,11,13H2,1H3,(H,23,28). The van der Waals surface area contributed by atoms with Crippen molar-refractivity contribution >= 4 is 34.9 Å². The number of fused-ring (bicyclic) bond motifs is 3. The number of aromatic nitrogens is 2. The zero-order valence-electron chi connectivity index (χ0n) is 16.4. The second-order valence-electron chi connectivity index (χ2n) is 7.21. The van der Waals surface area contributed by atoms with Gasteiger partial charge in [-0.3, -0.25) is 19.6 Å². The molecule has 4 heterocycles. The van der Waals surface area contributed by atoms with Crippen LogP contribution in [0.3, 0.4) is 0 Å². The fraction of sp³-hybridized carbons (Fsp3) is 0.238. The van der Waals surface area contributed by atoms with E-state index in [1.165, 1.54) is 4.90 Å². The molecule has 1 aromatic carbocycles. The average Bonchev–Trinajstić information content (AvgIpc) is 3.50. The van der Waals surface area contributed by atoms with E-state index in [0.29, 0.717) is 31.3 Å². The van der Waals surface area contributed by atoms with Gasteiger partial charge in [-0.15, -0.1) is 11.3 Å². The molecule has 0 aliphatic carbocycles. The number of hydrogen-bond donors (Lipinski definition) is 1. The van der Waals surface area contributed by atoms with E-state index in [9.17, 15) is 9.59 Å². The second kappa shape index (κ2) is 7.42. The first-order chi connectivity index (χ1) is 14.6. The Balaban J connectivity index is 1.48. The Morgan fingerprint density at radius 1 is 1.23 bits per heavy atom. The number of nitrogens with one attached hydrogen (secondary N) is 1. The lowest BCUT2D eigenvalue weighted by Crippen LogP contribution is -2.53. The van der Waals surface area contributed by atoms with Crippen LogP contribution in [0.4, 0.5) is 10.6 Å². The number of urea groups is 1. The lowest BCUT2D eigenvalue weighted by molar-refractivity contribution is -0.119. The minimum Gasteiger partial charge on any atom is -0.350 e. The van der Waals surface area contributed by atoms with Crippen LogP contribution in [0, 0.1) is 6.92 Å². The number of aliphatic imine (C=N–C) groups is 1. The molecule has 0 saturated heterocycles. The fourth-order valence-electron chi connectivity index (χ4n) is 3.68. The Morgan fingerprint density at radius 2 is 2.07 bits per heavy atom. The van der Waals surface area contributed by atoms with Crippen molar-refractivity contribution < 1.29 is 9.59 Å². The van der Waals surface area contributed by atoms with Crippen LogP contribution in [-0.4, -0.2) is 52.1 Å². The summed E-state index contributed by atoms with van der Waals surface area (Å²) >= 11 is 1.58. The van der Waals surface area contributed by atoms with Gasteiger partial charge in [-0.05, 0) is 30.5 Å². The summed E-state index contributed by atoms with van der Waals surface area (Å²) in [5, 5.41) is 9.39. The molecular weight excluding hydrogens is 400 g/mol. The third-order valence-electron chi connectivity index (χ3n) is 5.16. The molecule has 0 atom stereocenters. The number of amidine groups is 1. The van der Waals surface area contributed by atoms with Crippen molar-refractivity contribution in [3.05, 3.63) is 64.0 Å². The smallest absolute Gasteiger partial charge is 0.331 e. The lowest BCUT2D eigenvalue weighted by Gasteiger charge is -2.33. The van der Waals surface area contributed by atoms with Crippen LogP contribution < -0.4 is 10.2 Å². The van der Waals surface area contributed by atoms with Gasteiger partial charge in [0.05, 0.1) is 30.5 Å². The summed E-state index contributed by atoms with van der Waals surface area (Å²) in [5.41, 5.74) is 2.72. The topological polar surface area (TPSA) is 82.8 Å². The number of benzene rings is 1. The van der Waals surface area contributed by atoms with Gasteiger partial charge in [-0.1, -0.05) is 23.8 Å². The largest absolute Gasteiger partial charge is 0.350 e. The SMILES string of the molecule is Cc1ccc(-n2ncc3c2N(CC(=O)NCc2cccs2)C(=O)N2CCN=C32)cc1. The molecule has 2 aliphatic heterocycles. The van der Waals surface area contributed by atoms with Gasteiger partial charge in [0.15, 0.2) is 5.82 Å². The summed E-state index contributed by atoms with van der Waals surface area (Å²) < 4.78 is 1.71. The van der Waals surface area contributed by atoms with Crippen LogP contribution in [0.5, 0.6) is 0 Å². The van der Waals surface area contributed by atoms with Gasteiger partial charge in [0.2, 0.25) is 5.91 Å². The van der Waals surface area contributed by atoms with E-state index in [4.69, 9.17) is 0 Å². The Hall–Kier alpha value is -3.46. The van der Waals surface area contributed by atoms with E-state index in [1.54, 1.807) is 27.1 Å². The maximum Gasteiger partial charge on any atom is 0.331 e. The first kappa shape index (κ1) is 18.6. The first-order valence-corrected chi connectivity index (χ1v) is 10.6. The molecule has 0 spiro atoms. The van der Waals surface area contributed by atoms with E-state index in [2.05, 4.69) is 15.4 Å². The van der Waals surface area contributed by atoms with Gasteiger partial charge < -0.3 is 5.32 Å². The normalized spacial score (nSPS) is 15.1. The van der Waals surface area contributed by atoms with Crippen molar-refractivity contribution in [3.63, 3.8) is 0 Å². The monoisotopic (exact) mass is 420 g/mol. The summed E-state index contributed by atoms with van der Waals surface area (Å²) in [4.78, 5) is 34.6. The number of anilines is 1. The minimum atomic E-state index is -0.251. The summed E-state index contributed by atoms with van der Waals surface area (Å²) in [6.45, 7) is 3.43. The van der Waals surface area contributed by atoms with Crippen molar-refractivity contribution in [2.24, 2.45) is 4.99 Å². The molecule has 9 heteroatoms. The zero-order chi connectivity index (χ0) is 20.7. The Labute approximate surface area is 177 Å². The highest BCUT2D eigenvalue weighted by Crippen LogP contribution is 2.32. The van der Waals surface area contributed by atoms with Gasteiger partial charge >= 0.3 is 6.03 Å². The van der Waals surface area contributed by atoms with E-state index in [0.717, 1.165) is 21.7 Å². The quantitative estimate of drug-likeness (QED) is 0.689. The number of aryl methyl sites for hydroxylation is 1. The zero-order valence-corrected chi connectivity index (χ0v) is 17.2. The molecule has 30 heavy (non-hydrogen) atoms. The number of carbonyl (C=O) groups is 2. The molecule has 3 aromatic rings. The van der Waals surface area contributed by atoms with Gasteiger partial charge in [0.25, 0.3) is 0 Å². The molecule has 0 fully saturated rings. The number of rotatable bonds is 5.